The topological polar surface area (TPSA) is 118 Å². The highest BCUT2D eigenvalue weighted by Gasteiger charge is 2.21. The molecule has 0 saturated carbocycles. The average molecular weight is 312 g/mol. The van der Waals surface area contributed by atoms with Crippen molar-refractivity contribution < 1.29 is 4.79 Å². The van der Waals surface area contributed by atoms with Gasteiger partial charge in [-0.2, -0.15) is 10.4 Å². The van der Waals surface area contributed by atoms with Gasteiger partial charge in [-0.25, -0.2) is 0 Å². The van der Waals surface area contributed by atoms with E-state index >= 15 is 0 Å². The van der Waals surface area contributed by atoms with Gasteiger partial charge in [0.1, 0.15) is 6.07 Å². The molecule has 0 radical (unpaired) electrons. The molecule has 1 aromatic rings. The number of carbonyl (C=O) groups excluding carboxylic acids is 1. The van der Waals surface area contributed by atoms with Gasteiger partial charge in [0, 0.05) is 18.7 Å². The van der Waals surface area contributed by atoms with Crippen molar-refractivity contribution in [2.45, 2.75) is 19.8 Å². The molecule has 1 aliphatic rings. The summed E-state index contributed by atoms with van der Waals surface area (Å²) < 4.78 is 0. The van der Waals surface area contributed by atoms with E-state index in [-0.39, 0.29) is 11.6 Å². The molecule has 1 atom stereocenters. The summed E-state index contributed by atoms with van der Waals surface area (Å²) in [6.45, 7) is 3.76. The van der Waals surface area contributed by atoms with E-state index in [9.17, 15) is 4.79 Å². The Hall–Kier alpha value is -2.88. The summed E-state index contributed by atoms with van der Waals surface area (Å²) in [5.41, 5.74) is 8.91. The number of anilines is 1. The number of piperidine rings is 1. The van der Waals surface area contributed by atoms with E-state index in [1.165, 1.54) is 6.42 Å². The number of amidine groups is 1. The molecule has 1 saturated heterocycles. The number of likely N-dealkylation sites (tertiary alicyclic amines) is 1. The van der Waals surface area contributed by atoms with Crippen molar-refractivity contribution >= 4 is 23.1 Å². The molecule has 0 spiro atoms. The SMILES string of the molecule is CC1CCCN(C(=O)c2ccc(N/N=C(\C#N)C(=N)N)cc2)C1. The van der Waals surface area contributed by atoms with E-state index in [4.69, 9.17) is 16.4 Å². The largest absolute Gasteiger partial charge is 0.382 e. The zero-order valence-corrected chi connectivity index (χ0v) is 13.0. The van der Waals surface area contributed by atoms with Crippen molar-refractivity contribution in [1.82, 2.24) is 4.90 Å². The molecule has 2 rings (SSSR count). The number of hydrazone groups is 1. The Kier molecular flexibility index (Phi) is 5.31. The maximum Gasteiger partial charge on any atom is 0.253 e. The second-order valence-electron chi connectivity index (χ2n) is 5.67. The first kappa shape index (κ1) is 16.5. The van der Waals surface area contributed by atoms with Crippen LogP contribution in [0.3, 0.4) is 0 Å². The maximum absolute atomic E-state index is 12.4. The van der Waals surface area contributed by atoms with Crippen LogP contribution in [0.2, 0.25) is 0 Å². The van der Waals surface area contributed by atoms with Crippen LogP contribution in [-0.4, -0.2) is 35.4 Å². The highest BCUT2D eigenvalue weighted by Crippen LogP contribution is 2.19. The number of carbonyl (C=O) groups is 1. The number of nitrogens with two attached hydrogens (primary N) is 1. The molecule has 0 aromatic heterocycles. The summed E-state index contributed by atoms with van der Waals surface area (Å²) in [5, 5.41) is 19.7. The van der Waals surface area contributed by atoms with Crippen molar-refractivity contribution in [2.24, 2.45) is 16.8 Å². The van der Waals surface area contributed by atoms with E-state index in [1.54, 1.807) is 30.3 Å². The summed E-state index contributed by atoms with van der Waals surface area (Å²) in [5.74, 6) is 0.179. The number of nitriles is 1. The lowest BCUT2D eigenvalue weighted by Crippen LogP contribution is -2.39. The summed E-state index contributed by atoms with van der Waals surface area (Å²) in [4.78, 5) is 14.3. The minimum atomic E-state index is -0.397. The Morgan fingerprint density at radius 1 is 1.48 bits per heavy atom. The number of rotatable bonds is 4. The number of hydrogen-bond donors (Lipinski definition) is 3. The van der Waals surface area contributed by atoms with E-state index in [2.05, 4.69) is 17.5 Å². The van der Waals surface area contributed by atoms with Gasteiger partial charge in [0.2, 0.25) is 5.71 Å². The van der Waals surface area contributed by atoms with Gasteiger partial charge < -0.3 is 10.6 Å². The van der Waals surface area contributed by atoms with Crippen LogP contribution in [0.5, 0.6) is 0 Å². The second kappa shape index (κ2) is 7.40. The molecule has 1 aromatic carbocycles. The van der Waals surface area contributed by atoms with E-state index in [0.29, 0.717) is 17.2 Å². The molecule has 23 heavy (non-hydrogen) atoms. The smallest absolute Gasteiger partial charge is 0.253 e. The fraction of sp³-hybridized carbons (Fsp3) is 0.375. The van der Waals surface area contributed by atoms with Crippen molar-refractivity contribution in [3.8, 4) is 6.07 Å². The van der Waals surface area contributed by atoms with Gasteiger partial charge in [-0.1, -0.05) is 6.92 Å². The zero-order valence-electron chi connectivity index (χ0n) is 13.0. The van der Waals surface area contributed by atoms with Crippen LogP contribution in [-0.2, 0) is 0 Å². The fourth-order valence-corrected chi connectivity index (χ4v) is 2.51. The van der Waals surface area contributed by atoms with Crippen molar-refractivity contribution in [2.75, 3.05) is 18.5 Å². The Morgan fingerprint density at radius 2 is 2.17 bits per heavy atom. The van der Waals surface area contributed by atoms with Gasteiger partial charge in [-0.15, -0.1) is 0 Å². The molecule has 1 amide bonds. The lowest BCUT2D eigenvalue weighted by Gasteiger charge is -2.31. The highest BCUT2D eigenvalue weighted by molar-refractivity contribution is 6.45. The molecule has 0 aliphatic carbocycles. The monoisotopic (exact) mass is 312 g/mol. The third-order valence-electron chi connectivity index (χ3n) is 3.73. The van der Waals surface area contributed by atoms with Crippen molar-refractivity contribution in [3.05, 3.63) is 29.8 Å². The van der Waals surface area contributed by atoms with Crippen LogP contribution in [0.15, 0.2) is 29.4 Å². The lowest BCUT2D eigenvalue weighted by molar-refractivity contribution is 0.0683. The number of nitrogens with one attached hydrogen (secondary N) is 2. The Bertz CT molecular complexity index is 658. The van der Waals surface area contributed by atoms with Gasteiger partial charge >= 0.3 is 0 Å². The minimum absolute atomic E-state index is 0.0352. The molecule has 4 N–H and O–H groups in total. The highest BCUT2D eigenvalue weighted by atomic mass is 16.2. The molecule has 1 aliphatic heterocycles. The first-order valence-corrected chi connectivity index (χ1v) is 7.48. The standard InChI is InChI=1S/C16H20N6O/c1-11-3-2-8-22(10-11)16(23)12-4-6-13(7-5-12)20-21-14(9-17)15(18)19/h4-7,11,20H,2-3,8,10H2,1H3,(H3,18,19)/b21-14+. The third kappa shape index (κ3) is 4.30. The van der Waals surface area contributed by atoms with E-state index in [1.807, 2.05) is 4.90 Å². The van der Waals surface area contributed by atoms with Crippen LogP contribution >= 0.6 is 0 Å². The molecule has 7 heteroatoms. The average Bonchev–Trinajstić information content (AvgIpc) is 2.55. The van der Waals surface area contributed by atoms with Crippen LogP contribution < -0.4 is 11.2 Å². The summed E-state index contributed by atoms with van der Waals surface area (Å²) in [6.07, 6.45) is 2.21. The molecule has 1 unspecified atom stereocenters. The summed E-state index contributed by atoms with van der Waals surface area (Å²) in [6, 6.07) is 8.58. The minimum Gasteiger partial charge on any atom is -0.382 e. The van der Waals surface area contributed by atoms with Gasteiger partial charge in [0.05, 0.1) is 5.69 Å². The predicted octanol–water partition coefficient (Wildman–Crippen LogP) is 1.79. The lowest BCUT2D eigenvalue weighted by atomic mass is 9.99. The van der Waals surface area contributed by atoms with Crippen molar-refractivity contribution in [3.63, 3.8) is 0 Å². The van der Waals surface area contributed by atoms with Gasteiger partial charge in [-0.3, -0.25) is 15.6 Å². The van der Waals surface area contributed by atoms with E-state index in [0.717, 1.165) is 19.5 Å². The van der Waals surface area contributed by atoms with Crippen LogP contribution in [0.25, 0.3) is 0 Å². The Balaban J connectivity index is 2.03. The number of hydrogen-bond acceptors (Lipinski definition) is 5. The molecule has 1 heterocycles. The third-order valence-corrected chi connectivity index (χ3v) is 3.73. The second-order valence-corrected chi connectivity index (χ2v) is 5.67. The van der Waals surface area contributed by atoms with Crippen LogP contribution in [0.1, 0.15) is 30.1 Å². The summed E-state index contributed by atoms with van der Waals surface area (Å²) >= 11 is 0. The quantitative estimate of drug-likeness (QED) is 0.446. The molecule has 7 nitrogen and oxygen atoms in total. The zero-order chi connectivity index (χ0) is 16.8. The Morgan fingerprint density at radius 3 is 2.74 bits per heavy atom. The van der Waals surface area contributed by atoms with E-state index < -0.39 is 5.84 Å². The van der Waals surface area contributed by atoms with Crippen molar-refractivity contribution in [1.29, 1.82) is 10.7 Å². The molecular weight excluding hydrogens is 292 g/mol. The summed E-state index contributed by atoms with van der Waals surface area (Å²) in [7, 11) is 0. The van der Waals surface area contributed by atoms with Crippen LogP contribution in [0.4, 0.5) is 5.69 Å². The molecule has 0 bridgehead atoms. The maximum atomic E-state index is 12.4. The Labute approximate surface area is 135 Å². The first-order valence-electron chi connectivity index (χ1n) is 7.48. The van der Waals surface area contributed by atoms with Gasteiger partial charge in [0.15, 0.2) is 5.84 Å². The van der Waals surface area contributed by atoms with Gasteiger partial charge in [0.25, 0.3) is 5.91 Å². The number of benzene rings is 1. The number of nitrogens with zero attached hydrogens (tertiary/aromatic N) is 3. The first-order chi connectivity index (χ1) is 11.0. The fourth-order valence-electron chi connectivity index (χ4n) is 2.51. The molecular formula is C16H20N6O. The molecule has 1 fully saturated rings. The normalized spacial score (nSPS) is 18.2. The predicted molar refractivity (Wildman–Crippen MR) is 89.3 cm³/mol. The van der Waals surface area contributed by atoms with Crippen LogP contribution in [0, 0.1) is 22.7 Å². The molecule has 120 valence electrons. The number of amides is 1. The van der Waals surface area contributed by atoms with Gasteiger partial charge in [-0.05, 0) is 43.0 Å².